The Morgan fingerprint density at radius 1 is 1.35 bits per heavy atom. The van der Waals surface area contributed by atoms with Gasteiger partial charge in [0.1, 0.15) is 0 Å². The second kappa shape index (κ2) is 7.14. The van der Waals surface area contributed by atoms with Gasteiger partial charge in [-0.05, 0) is 43.5 Å². The lowest BCUT2D eigenvalue weighted by molar-refractivity contribution is 0.149. The van der Waals surface area contributed by atoms with Crippen LogP contribution in [-0.2, 0) is 6.54 Å². The lowest BCUT2D eigenvalue weighted by Crippen LogP contribution is -2.39. The van der Waals surface area contributed by atoms with Crippen LogP contribution in [0, 0.1) is 5.92 Å². The van der Waals surface area contributed by atoms with Gasteiger partial charge in [0, 0.05) is 18.2 Å². The molecule has 2 atom stereocenters. The standard InChI is InChI=1S/C16H24F2N2/c1-2-20(15-8-4-7-14(15)10-19)11-12-5-3-6-13(9-12)16(17)18/h3,5-6,9,14-16H,2,4,7-8,10-11,19H2,1H3. The number of halogens is 2. The summed E-state index contributed by atoms with van der Waals surface area (Å²) in [5.41, 5.74) is 6.92. The minimum atomic E-state index is -2.40. The molecule has 0 radical (unpaired) electrons. The quantitative estimate of drug-likeness (QED) is 0.864. The molecule has 0 aliphatic heterocycles. The summed E-state index contributed by atoms with van der Waals surface area (Å²) < 4.78 is 25.5. The molecular formula is C16H24F2N2. The summed E-state index contributed by atoms with van der Waals surface area (Å²) >= 11 is 0. The summed E-state index contributed by atoms with van der Waals surface area (Å²) in [6.07, 6.45) is 1.19. The molecule has 1 fully saturated rings. The third-order valence-electron chi connectivity index (χ3n) is 4.39. The van der Waals surface area contributed by atoms with E-state index in [0.717, 1.165) is 25.2 Å². The van der Waals surface area contributed by atoms with Crippen molar-refractivity contribution in [3.05, 3.63) is 35.4 Å². The second-order valence-corrected chi connectivity index (χ2v) is 5.60. The van der Waals surface area contributed by atoms with Crippen molar-refractivity contribution in [3.63, 3.8) is 0 Å². The molecule has 4 heteroatoms. The first-order valence-electron chi connectivity index (χ1n) is 7.46. The molecule has 0 saturated heterocycles. The van der Waals surface area contributed by atoms with Crippen LogP contribution in [0.2, 0.25) is 0 Å². The van der Waals surface area contributed by atoms with Gasteiger partial charge in [-0.1, -0.05) is 31.5 Å². The van der Waals surface area contributed by atoms with Gasteiger partial charge in [-0.15, -0.1) is 0 Å². The molecule has 2 nitrogen and oxygen atoms in total. The molecule has 0 heterocycles. The third-order valence-corrected chi connectivity index (χ3v) is 4.39. The molecule has 1 aliphatic rings. The largest absolute Gasteiger partial charge is 0.330 e. The number of hydrogen-bond acceptors (Lipinski definition) is 2. The molecule has 2 N–H and O–H groups in total. The average molecular weight is 282 g/mol. The van der Waals surface area contributed by atoms with Crippen LogP contribution < -0.4 is 5.73 Å². The summed E-state index contributed by atoms with van der Waals surface area (Å²) in [7, 11) is 0. The van der Waals surface area contributed by atoms with E-state index in [1.807, 2.05) is 6.07 Å². The minimum Gasteiger partial charge on any atom is -0.330 e. The first-order valence-corrected chi connectivity index (χ1v) is 7.46. The van der Waals surface area contributed by atoms with Crippen molar-refractivity contribution in [2.45, 2.75) is 45.2 Å². The van der Waals surface area contributed by atoms with E-state index >= 15 is 0 Å². The van der Waals surface area contributed by atoms with Crippen LogP contribution in [0.25, 0.3) is 0 Å². The van der Waals surface area contributed by atoms with Crippen LogP contribution in [0.5, 0.6) is 0 Å². The number of alkyl halides is 2. The van der Waals surface area contributed by atoms with Gasteiger partial charge in [-0.3, -0.25) is 4.90 Å². The Labute approximate surface area is 120 Å². The monoisotopic (exact) mass is 282 g/mol. The fraction of sp³-hybridized carbons (Fsp3) is 0.625. The third kappa shape index (κ3) is 3.55. The van der Waals surface area contributed by atoms with E-state index in [9.17, 15) is 8.78 Å². The summed E-state index contributed by atoms with van der Waals surface area (Å²) in [6, 6.07) is 7.27. The lowest BCUT2D eigenvalue weighted by Gasteiger charge is -2.32. The molecule has 2 rings (SSSR count). The predicted octanol–water partition coefficient (Wildman–Crippen LogP) is 3.57. The maximum absolute atomic E-state index is 12.8. The molecular weight excluding hydrogens is 258 g/mol. The van der Waals surface area contributed by atoms with Crippen LogP contribution >= 0.6 is 0 Å². The van der Waals surface area contributed by atoms with Crippen LogP contribution in [-0.4, -0.2) is 24.0 Å². The molecule has 20 heavy (non-hydrogen) atoms. The minimum absolute atomic E-state index is 0.111. The highest BCUT2D eigenvalue weighted by Gasteiger charge is 2.30. The normalized spacial score (nSPS) is 22.9. The maximum atomic E-state index is 12.8. The van der Waals surface area contributed by atoms with Crippen molar-refractivity contribution in [1.29, 1.82) is 0 Å². The Balaban J connectivity index is 2.08. The fourth-order valence-electron chi connectivity index (χ4n) is 3.30. The number of rotatable bonds is 6. The van der Waals surface area contributed by atoms with Gasteiger partial charge in [0.2, 0.25) is 0 Å². The molecule has 1 aromatic rings. The van der Waals surface area contributed by atoms with Crippen LogP contribution in [0.1, 0.15) is 43.7 Å². The van der Waals surface area contributed by atoms with Gasteiger partial charge in [-0.2, -0.15) is 0 Å². The topological polar surface area (TPSA) is 29.3 Å². The predicted molar refractivity (Wildman–Crippen MR) is 77.7 cm³/mol. The second-order valence-electron chi connectivity index (χ2n) is 5.60. The Morgan fingerprint density at radius 2 is 2.15 bits per heavy atom. The van der Waals surface area contributed by atoms with E-state index in [-0.39, 0.29) is 5.56 Å². The van der Waals surface area contributed by atoms with E-state index in [2.05, 4.69) is 11.8 Å². The first kappa shape index (κ1) is 15.4. The Kier molecular flexibility index (Phi) is 5.49. The van der Waals surface area contributed by atoms with E-state index in [1.54, 1.807) is 12.1 Å². The van der Waals surface area contributed by atoms with E-state index in [1.165, 1.54) is 25.3 Å². The number of benzene rings is 1. The highest BCUT2D eigenvalue weighted by atomic mass is 19.3. The van der Waals surface area contributed by atoms with Crippen LogP contribution in [0.15, 0.2) is 24.3 Å². The molecule has 0 spiro atoms. The SMILES string of the molecule is CCN(Cc1cccc(C(F)F)c1)C1CCCC1CN. The Bertz CT molecular complexity index is 423. The van der Waals surface area contributed by atoms with E-state index in [0.29, 0.717) is 12.0 Å². The van der Waals surface area contributed by atoms with Crippen molar-refractivity contribution in [2.24, 2.45) is 11.7 Å². The van der Waals surface area contributed by atoms with Crippen molar-refractivity contribution in [3.8, 4) is 0 Å². The van der Waals surface area contributed by atoms with Gasteiger partial charge < -0.3 is 5.73 Å². The van der Waals surface area contributed by atoms with Crippen molar-refractivity contribution in [2.75, 3.05) is 13.1 Å². The van der Waals surface area contributed by atoms with E-state index < -0.39 is 6.43 Å². The van der Waals surface area contributed by atoms with Crippen LogP contribution in [0.3, 0.4) is 0 Å². The van der Waals surface area contributed by atoms with Crippen LogP contribution in [0.4, 0.5) is 8.78 Å². The Morgan fingerprint density at radius 3 is 2.80 bits per heavy atom. The van der Waals surface area contributed by atoms with Gasteiger partial charge in [0.15, 0.2) is 0 Å². The highest BCUT2D eigenvalue weighted by molar-refractivity contribution is 5.24. The van der Waals surface area contributed by atoms with Gasteiger partial charge in [-0.25, -0.2) is 8.78 Å². The fourth-order valence-corrected chi connectivity index (χ4v) is 3.30. The zero-order chi connectivity index (χ0) is 14.5. The summed E-state index contributed by atoms with van der Waals surface area (Å²) in [5.74, 6) is 0.549. The zero-order valence-electron chi connectivity index (χ0n) is 12.1. The summed E-state index contributed by atoms with van der Waals surface area (Å²) in [5, 5.41) is 0. The Hall–Kier alpha value is -1.00. The van der Waals surface area contributed by atoms with Gasteiger partial charge >= 0.3 is 0 Å². The van der Waals surface area contributed by atoms with Gasteiger partial charge in [0.25, 0.3) is 6.43 Å². The molecule has 1 aromatic carbocycles. The summed E-state index contributed by atoms with van der Waals surface area (Å²) in [4.78, 5) is 2.38. The highest BCUT2D eigenvalue weighted by Crippen LogP contribution is 2.30. The number of hydrogen-bond donors (Lipinski definition) is 1. The van der Waals surface area contributed by atoms with Crippen molar-refractivity contribution < 1.29 is 8.78 Å². The van der Waals surface area contributed by atoms with Crippen molar-refractivity contribution >= 4 is 0 Å². The smallest absolute Gasteiger partial charge is 0.263 e. The number of nitrogens with zero attached hydrogens (tertiary/aromatic N) is 1. The summed E-state index contributed by atoms with van der Waals surface area (Å²) in [6.45, 7) is 4.51. The maximum Gasteiger partial charge on any atom is 0.263 e. The number of nitrogens with two attached hydrogens (primary N) is 1. The van der Waals surface area contributed by atoms with E-state index in [4.69, 9.17) is 5.73 Å². The zero-order valence-corrected chi connectivity index (χ0v) is 12.1. The molecule has 0 amide bonds. The molecule has 112 valence electrons. The average Bonchev–Trinajstić information content (AvgIpc) is 2.93. The van der Waals surface area contributed by atoms with Gasteiger partial charge in [0.05, 0.1) is 0 Å². The molecule has 0 bridgehead atoms. The molecule has 2 unspecified atom stereocenters. The lowest BCUT2D eigenvalue weighted by atomic mass is 10.0. The molecule has 0 aromatic heterocycles. The van der Waals surface area contributed by atoms with Crippen molar-refractivity contribution in [1.82, 2.24) is 4.90 Å². The molecule has 1 aliphatic carbocycles. The first-order chi connectivity index (χ1) is 9.65. The molecule has 1 saturated carbocycles.